The van der Waals surface area contributed by atoms with Crippen LogP contribution >= 0.6 is 15.9 Å². The predicted octanol–water partition coefficient (Wildman–Crippen LogP) is 3.96. The van der Waals surface area contributed by atoms with Gasteiger partial charge in [0.05, 0.1) is 0 Å². The van der Waals surface area contributed by atoms with Gasteiger partial charge in [-0.1, -0.05) is 29.8 Å². The Kier molecular flexibility index (Phi) is 4.06. The van der Waals surface area contributed by atoms with E-state index in [0.29, 0.717) is 18.3 Å². The second-order valence-electron chi connectivity index (χ2n) is 5.49. The normalized spacial score (nSPS) is 14.0. The highest BCUT2D eigenvalue weighted by Crippen LogP contribution is 2.30. The molecule has 0 N–H and O–H groups in total. The number of hydrogen-bond donors (Lipinski definition) is 0. The second-order valence-corrected chi connectivity index (χ2v) is 6.34. The summed E-state index contributed by atoms with van der Waals surface area (Å²) in [5.41, 5.74) is 2.88. The maximum atomic E-state index is 12.8. The van der Waals surface area contributed by atoms with Gasteiger partial charge in [0.15, 0.2) is 0 Å². The lowest BCUT2D eigenvalue weighted by Gasteiger charge is -2.22. The van der Waals surface area contributed by atoms with Crippen LogP contribution in [0.2, 0.25) is 0 Å². The quantitative estimate of drug-likeness (QED) is 0.840. The van der Waals surface area contributed by atoms with Crippen LogP contribution in [0.25, 0.3) is 0 Å². The fourth-order valence-electron chi connectivity index (χ4n) is 2.44. The average molecular weight is 345 g/mol. The van der Waals surface area contributed by atoms with Crippen molar-refractivity contribution in [3.8, 4) is 0 Å². The van der Waals surface area contributed by atoms with Crippen LogP contribution in [0.1, 0.15) is 34.5 Å². The predicted molar refractivity (Wildman–Crippen MR) is 86.0 cm³/mol. The molecule has 0 bridgehead atoms. The van der Waals surface area contributed by atoms with Crippen LogP contribution in [0.5, 0.6) is 0 Å². The second kappa shape index (κ2) is 5.98. The molecule has 1 aliphatic rings. The Hall–Kier alpha value is -1.68. The van der Waals surface area contributed by atoms with E-state index in [1.807, 2.05) is 23.1 Å². The van der Waals surface area contributed by atoms with Gasteiger partial charge in [0.2, 0.25) is 0 Å². The van der Waals surface area contributed by atoms with Crippen molar-refractivity contribution in [1.82, 2.24) is 9.88 Å². The zero-order chi connectivity index (χ0) is 14.8. The third-order valence-electron chi connectivity index (χ3n) is 3.64. The Bertz CT molecular complexity index is 667. The van der Waals surface area contributed by atoms with E-state index in [4.69, 9.17) is 0 Å². The number of benzene rings is 1. The van der Waals surface area contributed by atoms with Crippen molar-refractivity contribution in [3.63, 3.8) is 0 Å². The molecule has 1 aromatic heterocycles. The van der Waals surface area contributed by atoms with Gasteiger partial charge in [-0.3, -0.25) is 4.79 Å². The summed E-state index contributed by atoms with van der Waals surface area (Å²) in [4.78, 5) is 18.9. The van der Waals surface area contributed by atoms with E-state index in [2.05, 4.69) is 46.0 Å². The van der Waals surface area contributed by atoms with Crippen molar-refractivity contribution in [1.29, 1.82) is 0 Å². The summed E-state index contributed by atoms with van der Waals surface area (Å²) in [5, 5.41) is 0. The fourth-order valence-corrected chi connectivity index (χ4v) is 2.86. The number of carbonyl (C=O) groups excluding carboxylic acids is 1. The maximum absolute atomic E-state index is 12.8. The minimum Gasteiger partial charge on any atom is -0.330 e. The number of carbonyl (C=O) groups is 1. The molecule has 1 saturated carbocycles. The molecular weight excluding hydrogens is 328 g/mol. The highest BCUT2D eigenvalue weighted by atomic mass is 79.9. The molecule has 1 heterocycles. The highest BCUT2D eigenvalue weighted by Gasteiger charge is 2.34. The lowest BCUT2D eigenvalue weighted by Crippen LogP contribution is -2.33. The molecule has 3 rings (SSSR count). The van der Waals surface area contributed by atoms with Gasteiger partial charge in [0.1, 0.15) is 5.69 Å². The molecule has 1 aromatic carbocycles. The van der Waals surface area contributed by atoms with Crippen molar-refractivity contribution in [2.45, 2.75) is 32.4 Å². The summed E-state index contributed by atoms with van der Waals surface area (Å²) in [7, 11) is 0. The highest BCUT2D eigenvalue weighted by molar-refractivity contribution is 9.10. The van der Waals surface area contributed by atoms with Crippen molar-refractivity contribution >= 4 is 21.8 Å². The van der Waals surface area contributed by atoms with Crippen LogP contribution in [0, 0.1) is 6.92 Å². The third-order valence-corrected chi connectivity index (χ3v) is 4.28. The minimum atomic E-state index is 0.00600. The van der Waals surface area contributed by atoms with Gasteiger partial charge in [-0.05, 0) is 53.4 Å². The van der Waals surface area contributed by atoms with Crippen LogP contribution in [-0.2, 0) is 6.54 Å². The Morgan fingerprint density at radius 2 is 2.14 bits per heavy atom. The van der Waals surface area contributed by atoms with Crippen LogP contribution in [-0.4, -0.2) is 21.8 Å². The molecule has 4 heteroatoms. The van der Waals surface area contributed by atoms with Gasteiger partial charge < -0.3 is 4.90 Å². The van der Waals surface area contributed by atoms with Crippen molar-refractivity contribution in [3.05, 3.63) is 63.9 Å². The van der Waals surface area contributed by atoms with E-state index in [-0.39, 0.29) is 5.91 Å². The number of hydrogen-bond acceptors (Lipinski definition) is 2. The molecule has 2 aromatic rings. The Morgan fingerprint density at radius 3 is 2.81 bits per heavy atom. The number of nitrogens with zero attached hydrogens (tertiary/aromatic N) is 2. The molecule has 0 saturated heterocycles. The van der Waals surface area contributed by atoms with Gasteiger partial charge in [0, 0.05) is 23.3 Å². The van der Waals surface area contributed by atoms with E-state index in [9.17, 15) is 4.79 Å². The molecule has 108 valence electrons. The van der Waals surface area contributed by atoms with Crippen LogP contribution < -0.4 is 0 Å². The first-order chi connectivity index (χ1) is 10.1. The molecule has 1 amide bonds. The first-order valence-electron chi connectivity index (χ1n) is 7.12. The summed E-state index contributed by atoms with van der Waals surface area (Å²) in [6.45, 7) is 2.72. The number of halogens is 1. The summed E-state index contributed by atoms with van der Waals surface area (Å²) in [6, 6.07) is 12.4. The van der Waals surface area contributed by atoms with E-state index in [1.165, 1.54) is 11.1 Å². The smallest absolute Gasteiger partial charge is 0.274 e. The molecule has 3 nitrogen and oxygen atoms in total. The zero-order valence-electron chi connectivity index (χ0n) is 11.9. The van der Waals surface area contributed by atoms with Gasteiger partial charge in [0.25, 0.3) is 5.91 Å². The topological polar surface area (TPSA) is 33.2 Å². The third kappa shape index (κ3) is 3.32. The van der Waals surface area contributed by atoms with Crippen LogP contribution in [0.4, 0.5) is 0 Å². The summed E-state index contributed by atoms with van der Waals surface area (Å²) < 4.78 is 0.755. The number of aryl methyl sites for hydroxylation is 1. The molecule has 0 unspecified atom stereocenters. The Balaban J connectivity index is 1.85. The summed E-state index contributed by atoms with van der Waals surface area (Å²) >= 11 is 3.42. The summed E-state index contributed by atoms with van der Waals surface area (Å²) in [5.74, 6) is 0.00600. The fraction of sp³-hybridized carbons (Fsp3) is 0.294. The van der Waals surface area contributed by atoms with Gasteiger partial charge >= 0.3 is 0 Å². The average Bonchev–Trinajstić information content (AvgIpc) is 3.29. The lowest BCUT2D eigenvalue weighted by atomic mass is 10.1. The standard InChI is InChI=1S/C17H17BrN2O/c1-12-4-2-5-13(10-12)11-20(14-7-8-14)17(21)16-15(18)6-3-9-19-16/h2-6,9-10,14H,7-8,11H2,1H3. The van der Waals surface area contributed by atoms with Gasteiger partial charge in [-0.15, -0.1) is 0 Å². The van der Waals surface area contributed by atoms with Crippen molar-refractivity contribution in [2.24, 2.45) is 0 Å². The van der Waals surface area contributed by atoms with Crippen LogP contribution in [0.15, 0.2) is 47.1 Å². The Morgan fingerprint density at radius 1 is 1.33 bits per heavy atom. The van der Waals surface area contributed by atoms with Crippen molar-refractivity contribution < 1.29 is 4.79 Å². The first-order valence-corrected chi connectivity index (χ1v) is 7.91. The molecule has 0 aliphatic heterocycles. The monoisotopic (exact) mass is 344 g/mol. The van der Waals surface area contributed by atoms with Gasteiger partial charge in [-0.2, -0.15) is 0 Å². The summed E-state index contributed by atoms with van der Waals surface area (Å²) in [6.07, 6.45) is 3.83. The van der Waals surface area contributed by atoms with E-state index >= 15 is 0 Å². The molecular formula is C17H17BrN2O. The number of aromatic nitrogens is 1. The maximum Gasteiger partial charge on any atom is 0.274 e. The van der Waals surface area contributed by atoms with E-state index < -0.39 is 0 Å². The molecule has 1 fully saturated rings. The first kappa shape index (κ1) is 14.3. The lowest BCUT2D eigenvalue weighted by molar-refractivity contribution is 0.0723. The van der Waals surface area contributed by atoms with Crippen LogP contribution in [0.3, 0.4) is 0 Å². The van der Waals surface area contributed by atoms with Gasteiger partial charge in [-0.25, -0.2) is 4.98 Å². The molecule has 21 heavy (non-hydrogen) atoms. The minimum absolute atomic E-state index is 0.00600. The molecule has 1 aliphatic carbocycles. The van der Waals surface area contributed by atoms with E-state index in [0.717, 1.165) is 17.3 Å². The number of amides is 1. The molecule has 0 atom stereocenters. The zero-order valence-corrected chi connectivity index (χ0v) is 13.5. The SMILES string of the molecule is Cc1cccc(CN(C(=O)c2ncccc2Br)C2CC2)c1. The van der Waals surface area contributed by atoms with Crippen molar-refractivity contribution in [2.75, 3.05) is 0 Å². The molecule has 0 spiro atoms. The Labute approximate surface area is 133 Å². The van der Waals surface area contributed by atoms with E-state index in [1.54, 1.807) is 6.20 Å². The largest absolute Gasteiger partial charge is 0.330 e. The number of pyridine rings is 1. The molecule has 0 radical (unpaired) electrons. The number of rotatable bonds is 4.